The van der Waals surface area contributed by atoms with Crippen LogP contribution in [0.15, 0.2) is 22.0 Å². The number of unbranched alkanes of at least 4 members (excludes halogenated alkanes) is 1. The molecule has 11 heteroatoms. The van der Waals surface area contributed by atoms with Gasteiger partial charge in [0.1, 0.15) is 0 Å². The standard InChI is InChI=1S/C19H25N3O6S2/c1-2-3-9-22(14-8-11-30(25,26)13-14)17(23)12-27-18(24)7-6-16-20-19(21-28-16)15-5-4-10-29-15/h4-5,10,14H,2-3,6-9,11-13H2,1H3. The highest BCUT2D eigenvalue weighted by atomic mass is 32.2. The van der Waals surface area contributed by atoms with Crippen molar-refractivity contribution in [2.45, 2.75) is 45.1 Å². The molecule has 3 rings (SSSR count). The van der Waals surface area contributed by atoms with Gasteiger partial charge in [0, 0.05) is 19.0 Å². The van der Waals surface area contributed by atoms with Crippen molar-refractivity contribution in [1.82, 2.24) is 15.0 Å². The van der Waals surface area contributed by atoms with Gasteiger partial charge >= 0.3 is 5.97 Å². The van der Waals surface area contributed by atoms with Gasteiger partial charge in [-0.15, -0.1) is 11.3 Å². The normalized spacial score (nSPS) is 17.7. The lowest BCUT2D eigenvalue weighted by Crippen LogP contribution is -2.43. The van der Waals surface area contributed by atoms with Crippen LogP contribution < -0.4 is 0 Å². The molecule has 0 spiro atoms. The van der Waals surface area contributed by atoms with Crippen molar-refractivity contribution in [3.05, 3.63) is 23.4 Å². The molecule has 1 aliphatic rings. The van der Waals surface area contributed by atoms with Crippen LogP contribution in [0.1, 0.15) is 38.5 Å². The van der Waals surface area contributed by atoms with Crippen LogP contribution in [0.25, 0.3) is 10.7 Å². The van der Waals surface area contributed by atoms with Gasteiger partial charge in [0.25, 0.3) is 5.91 Å². The molecule has 0 N–H and O–H groups in total. The third-order valence-electron chi connectivity index (χ3n) is 4.83. The molecule has 1 atom stereocenters. The second-order valence-electron chi connectivity index (χ2n) is 7.15. The summed E-state index contributed by atoms with van der Waals surface area (Å²) in [5.74, 6) is -0.0556. The summed E-state index contributed by atoms with van der Waals surface area (Å²) in [7, 11) is -3.11. The van der Waals surface area contributed by atoms with Gasteiger partial charge in [-0.2, -0.15) is 4.98 Å². The lowest BCUT2D eigenvalue weighted by Gasteiger charge is -2.28. The SMILES string of the molecule is CCCCN(C(=O)COC(=O)CCc1nc(-c2cccs2)no1)C1CCS(=O)(=O)C1. The Morgan fingerprint density at radius 1 is 1.40 bits per heavy atom. The van der Waals surface area contributed by atoms with Crippen molar-refractivity contribution in [2.24, 2.45) is 0 Å². The van der Waals surface area contributed by atoms with E-state index in [9.17, 15) is 18.0 Å². The predicted molar refractivity (Wildman–Crippen MR) is 111 cm³/mol. The van der Waals surface area contributed by atoms with E-state index in [0.29, 0.717) is 24.7 Å². The van der Waals surface area contributed by atoms with E-state index in [1.807, 2.05) is 24.4 Å². The molecule has 0 aromatic carbocycles. The van der Waals surface area contributed by atoms with Crippen molar-refractivity contribution in [3.63, 3.8) is 0 Å². The molecule has 0 bridgehead atoms. The summed E-state index contributed by atoms with van der Waals surface area (Å²) in [6, 6.07) is 3.41. The molecule has 30 heavy (non-hydrogen) atoms. The van der Waals surface area contributed by atoms with Crippen LogP contribution >= 0.6 is 11.3 Å². The molecule has 2 aromatic heterocycles. The van der Waals surface area contributed by atoms with Gasteiger partial charge in [-0.05, 0) is 24.3 Å². The Kier molecular flexibility index (Phi) is 7.59. The Hall–Kier alpha value is -2.27. The van der Waals surface area contributed by atoms with Crippen LogP contribution in [0.5, 0.6) is 0 Å². The average molecular weight is 456 g/mol. The molecule has 0 aliphatic carbocycles. The first-order valence-electron chi connectivity index (χ1n) is 9.90. The molecule has 1 unspecified atom stereocenters. The van der Waals surface area contributed by atoms with Gasteiger partial charge in [-0.3, -0.25) is 9.59 Å². The molecule has 164 valence electrons. The van der Waals surface area contributed by atoms with Crippen molar-refractivity contribution < 1.29 is 27.3 Å². The summed E-state index contributed by atoms with van der Waals surface area (Å²) in [5.41, 5.74) is 0. The molecule has 0 radical (unpaired) electrons. The van der Waals surface area contributed by atoms with Gasteiger partial charge in [0.15, 0.2) is 16.4 Å². The Bertz CT molecular complexity index is 955. The number of esters is 1. The Morgan fingerprint density at radius 2 is 2.23 bits per heavy atom. The van der Waals surface area contributed by atoms with Crippen molar-refractivity contribution in [2.75, 3.05) is 24.7 Å². The van der Waals surface area contributed by atoms with Crippen LogP contribution in [0.2, 0.25) is 0 Å². The number of aryl methyl sites for hydroxylation is 1. The highest BCUT2D eigenvalue weighted by molar-refractivity contribution is 7.91. The van der Waals surface area contributed by atoms with Crippen LogP contribution in [-0.2, 0) is 30.6 Å². The van der Waals surface area contributed by atoms with Gasteiger partial charge in [-0.1, -0.05) is 24.6 Å². The Labute approximate surface area is 179 Å². The molecular weight excluding hydrogens is 430 g/mol. The molecule has 1 fully saturated rings. The number of amides is 1. The fraction of sp³-hybridized carbons (Fsp3) is 0.579. The maximum absolute atomic E-state index is 12.6. The van der Waals surface area contributed by atoms with Gasteiger partial charge < -0.3 is 14.2 Å². The monoisotopic (exact) mass is 455 g/mol. The number of sulfone groups is 1. The van der Waals surface area contributed by atoms with E-state index < -0.39 is 22.4 Å². The number of ether oxygens (including phenoxy) is 1. The second-order valence-corrected chi connectivity index (χ2v) is 10.3. The number of hydrogen-bond acceptors (Lipinski definition) is 9. The fourth-order valence-electron chi connectivity index (χ4n) is 3.23. The predicted octanol–water partition coefficient (Wildman–Crippen LogP) is 2.09. The third-order valence-corrected chi connectivity index (χ3v) is 7.45. The van der Waals surface area contributed by atoms with E-state index in [1.165, 1.54) is 11.3 Å². The van der Waals surface area contributed by atoms with Gasteiger partial charge in [-0.25, -0.2) is 8.42 Å². The largest absolute Gasteiger partial charge is 0.456 e. The van der Waals surface area contributed by atoms with E-state index in [-0.39, 0.29) is 36.3 Å². The van der Waals surface area contributed by atoms with Gasteiger partial charge in [0.2, 0.25) is 11.7 Å². The van der Waals surface area contributed by atoms with Crippen molar-refractivity contribution >= 4 is 33.1 Å². The molecule has 9 nitrogen and oxygen atoms in total. The first-order chi connectivity index (χ1) is 14.4. The Balaban J connectivity index is 1.47. The fourth-order valence-corrected chi connectivity index (χ4v) is 5.61. The van der Waals surface area contributed by atoms with Crippen molar-refractivity contribution in [1.29, 1.82) is 0 Å². The maximum atomic E-state index is 12.6. The number of thiophene rings is 1. The Morgan fingerprint density at radius 3 is 2.90 bits per heavy atom. The number of nitrogens with zero attached hydrogens (tertiary/aromatic N) is 3. The lowest BCUT2D eigenvalue weighted by molar-refractivity contribution is -0.152. The van der Waals surface area contributed by atoms with Crippen LogP contribution in [0.4, 0.5) is 0 Å². The zero-order valence-electron chi connectivity index (χ0n) is 16.8. The topological polar surface area (TPSA) is 120 Å². The lowest BCUT2D eigenvalue weighted by atomic mass is 10.2. The van der Waals surface area contributed by atoms with Gasteiger partial charge in [0.05, 0.1) is 22.8 Å². The van der Waals surface area contributed by atoms with E-state index in [4.69, 9.17) is 9.26 Å². The van der Waals surface area contributed by atoms with E-state index >= 15 is 0 Å². The first-order valence-corrected chi connectivity index (χ1v) is 12.6. The minimum atomic E-state index is -3.11. The van der Waals surface area contributed by atoms with Crippen molar-refractivity contribution in [3.8, 4) is 10.7 Å². The summed E-state index contributed by atoms with van der Waals surface area (Å²) < 4.78 is 33.8. The molecule has 3 heterocycles. The molecule has 1 aliphatic heterocycles. The third kappa shape index (κ3) is 6.11. The maximum Gasteiger partial charge on any atom is 0.306 e. The molecule has 0 saturated carbocycles. The number of aromatic nitrogens is 2. The van der Waals surface area contributed by atoms with Crippen LogP contribution in [0.3, 0.4) is 0 Å². The number of carbonyl (C=O) groups is 2. The molecule has 1 saturated heterocycles. The number of carbonyl (C=O) groups excluding carboxylic acids is 2. The average Bonchev–Trinajstić information content (AvgIpc) is 3.45. The molecular formula is C19H25N3O6S2. The summed E-state index contributed by atoms with van der Waals surface area (Å²) in [5, 5.41) is 5.79. The minimum absolute atomic E-state index is 0.00607. The first kappa shape index (κ1) is 22.4. The summed E-state index contributed by atoms with van der Waals surface area (Å²) in [6.45, 7) is 2.05. The summed E-state index contributed by atoms with van der Waals surface area (Å²) >= 11 is 1.49. The van der Waals surface area contributed by atoms with Crippen LogP contribution in [0, 0.1) is 0 Å². The van der Waals surface area contributed by atoms with E-state index in [1.54, 1.807) is 4.90 Å². The minimum Gasteiger partial charge on any atom is -0.456 e. The van der Waals surface area contributed by atoms with E-state index in [0.717, 1.165) is 17.7 Å². The molecule has 1 amide bonds. The summed E-state index contributed by atoms with van der Waals surface area (Å²) in [6.07, 6.45) is 2.29. The zero-order valence-corrected chi connectivity index (χ0v) is 18.4. The number of rotatable bonds is 10. The highest BCUT2D eigenvalue weighted by Gasteiger charge is 2.34. The zero-order chi connectivity index (χ0) is 21.6. The van der Waals surface area contributed by atoms with Crippen LogP contribution in [-0.4, -0.2) is 66.0 Å². The second kappa shape index (κ2) is 10.2. The highest BCUT2D eigenvalue weighted by Crippen LogP contribution is 2.22. The molecule has 2 aromatic rings. The smallest absolute Gasteiger partial charge is 0.306 e. The number of hydrogen-bond donors (Lipinski definition) is 0. The quantitative estimate of drug-likeness (QED) is 0.500. The van der Waals surface area contributed by atoms with E-state index in [2.05, 4.69) is 10.1 Å². The summed E-state index contributed by atoms with van der Waals surface area (Å²) in [4.78, 5) is 31.3.